The van der Waals surface area contributed by atoms with Crippen molar-refractivity contribution < 1.29 is 23.5 Å². The summed E-state index contributed by atoms with van der Waals surface area (Å²) in [6.07, 6.45) is 4.58. The lowest BCUT2D eigenvalue weighted by molar-refractivity contribution is 0.0528. The molecule has 0 spiro atoms. The fourth-order valence-electron chi connectivity index (χ4n) is 3.68. The Balaban J connectivity index is 1.30. The van der Waals surface area contributed by atoms with E-state index in [0.717, 1.165) is 5.56 Å². The molecule has 0 fully saturated rings. The quantitative estimate of drug-likeness (QED) is 0.283. The minimum atomic E-state index is -0.541. The highest BCUT2D eigenvalue weighted by Gasteiger charge is 2.17. The fraction of sp³-hybridized carbons (Fsp3) is 0.115. The van der Waals surface area contributed by atoms with Crippen molar-refractivity contribution in [2.24, 2.45) is 0 Å². The van der Waals surface area contributed by atoms with Gasteiger partial charge in [0.2, 0.25) is 0 Å². The monoisotopic (exact) mass is 534 g/mol. The number of amides is 1. The molecule has 0 radical (unpaired) electrons. The van der Waals surface area contributed by atoms with Crippen molar-refractivity contribution in [2.45, 2.75) is 13.7 Å². The van der Waals surface area contributed by atoms with Gasteiger partial charge in [0.1, 0.15) is 17.1 Å². The van der Waals surface area contributed by atoms with E-state index in [1.165, 1.54) is 29.1 Å². The first-order valence-electron chi connectivity index (χ1n) is 11.5. The second-order valence-electron chi connectivity index (χ2n) is 7.97. The van der Waals surface area contributed by atoms with E-state index in [-0.39, 0.29) is 29.6 Å². The minimum absolute atomic E-state index is 0.000422. The molecule has 3 heterocycles. The van der Waals surface area contributed by atoms with Gasteiger partial charge in [-0.05, 0) is 43.3 Å². The zero-order chi connectivity index (χ0) is 26.6. The average molecular weight is 535 g/mol. The highest BCUT2D eigenvalue weighted by atomic mass is 35.5. The molecule has 3 aromatic heterocycles. The first-order chi connectivity index (χ1) is 18.4. The largest absolute Gasteiger partial charge is 0.471 e. The third-order valence-electron chi connectivity index (χ3n) is 5.44. The Bertz CT molecular complexity index is 1650. The number of fused-ring (bicyclic) bond motifs is 1. The lowest BCUT2D eigenvalue weighted by atomic mass is 10.1. The van der Waals surface area contributed by atoms with Crippen LogP contribution in [-0.2, 0) is 11.5 Å². The summed E-state index contributed by atoms with van der Waals surface area (Å²) in [6.45, 7) is 1.97. The smallest absolute Gasteiger partial charge is 0.343 e. The van der Waals surface area contributed by atoms with Gasteiger partial charge in [-0.2, -0.15) is 10.2 Å². The molecule has 0 saturated carbocycles. The first kappa shape index (κ1) is 24.9. The van der Waals surface area contributed by atoms with Crippen molar-refractivity contribution >= 4 is 34.8 Å². The second kappa shape index (κ2) is 10.7. The molecule has 0 unspecified atom stereocenters. The van der Waals surface area contributed by atoms with Crippen LogP contribution in [0.3, 0.4) is 0 Å². The third-order valence-corrected chi connectivity index (χ3v) is 5.73. The van der Waals surface area contributed by atoms with E-state index in [4.69, 9.17) is 21.1 Å². The number of hydrogen-bond donors (Lipinski definition) is 1. The maximum Gasteiger partial charge on any atom is 0.343 e. The molecule has 1 amide bonds. The molecule has 12 heteroatoms. The highest BCUT2D eigenvalue weighted by Crippen LogP contribution is 2.25. The summed E-state index contributed by atoms with van der Waals surface area (Å²) in [5.74, 6) is -1.10. The van der Waals surface area contributed by atoms with Crippen molar-refractivity contribution in [3.05, 3.63) is 95.3 Å². The minimum Gasteiger partial charge on any atom is -0.471 e. The number of ether oxygens (including phenoxy) is 2. The lowest BCUT2D eigenvalue weighted by Gasteiger charge is -2.09. The number of rotatable bonds is 8. The van der Waals surface area contributed by atoms with Crippen molar-refractivity contribution in [1.29, 1.82) is 0 Å². The molecule has 5 rings (SSSR count). The molecule has 0 aliphatic carbocycles. The van der Waals surface area contributed by atoms with Gasteiger partial charge in [-0.1, -0.05) is 23.7 Å². The van der Waals surface area contributed by atoms with E-state index in [0.29, 0.717) is 22.8 Å². The zero-order valence-corrected chi connectivity index (χ0v) is 20.7. The van der Waals surface area contributed by atoms with Crippen molar-refractivity contribution in [3.8, 4) is 17.0 Å². The van der Waals surface area contributed by atoms with Crippen LogP contribution in [0, 0.1) is 5.82 Å². The molecule has 192 valence electrons. The second-order valence-corrected chi connectivity index (χ2v) is 8.38. The standard InChI is InChI=1S/C26H20ClFN6O4/c1-2-37-26(36)19-14-30-34-23(8-10-29-24(19)34)16-4-3-5-17(12-16)31-25(35)22-9-11-33(32-22)15-38-18-6-7-21(28)20(27)13-18/h3-14H,2,15H2,1H3,(H,31,35). The van der Waals surface area contributed by atoms with E-state index in [2.05, 4.69) is 20.5 Å². The van der Waals surface area contributed by atoms with Crippen molar-refractivity contribution in [1.82, 2.24) is 24.4 Å². The number of nitrogens with zero attached hydrogens (tertiary/aromatic N) is 5. The van der Waals surface area contributed by atoms with Crippen LogP contribution >= 0.6 is 11.6 Å². The van der Waals surface area contributed by atoms with Crippen LogP contribution in [0.15, 0.2) is 73.2 Å². The maximum absolute atomic E-state index is 13.3. The van der Waals surface area contributed by atoms with Gasteiger partial charge in [-0.25, -0.2) is 23.4 Å². The highest BCUT2D eigenvalue weighted by molar-refractivity contribution is 6.30. The summed E-state index contributed by atoms with van der Waals surface area (Å²) in [6, 6.07) is 14.5. The first-order valence-corrected chi connectivity index (χ1v) is 11.8. The molecule has 5 aromatic rings. The normalized spacial score (nSPS) is 10.9. The summed E-state index contributed by atoms with van der Waals surface area (Å²) in [5.41, 5.74) is 2.75. The molecule has 0 aliphatic heterocycles. The van der Waals surface area contributed by atoms with Gasteiger partial charge in [-0.15, -0.1) is 0 Å². The maximum atomic E-state index is 13.3. The topological polar surface area (TPSA) is 113 Å². The van der Waals surface area contributed by atoms with Crippen LogP contribution in [0.1, 0.15) is 27.8 Å². The average Bonchev–Trinajstić information content (AvgIpc) is 3.57. The molecule has 0 saturated heterocycles. The van der Waals surface area contributed by atoms with Crippen LogP contribution in [0.25, 0.3) is 16.9 Å². The number of hydrogen-bond acceptors (Lipinski definition) is 7. The lowest BCUT2D eigenvalue weighted by Crippen LogP contribution is -2.14. The predicted octanol–water partition coefficient (Wildman–Crippen LogP) is 4.85. The van der Waals surface area contributed by atoms with E-state index in [1.54, 1.807) is 54.2 Å². The van der Waals surface area contributed by atoms with Crippen molar-refractivity contribution in [3.63, 3.8) is 0 Å². The number of carbonyl (C=O) groups excluding carboxylic acids is 2. The van der Waals surface area contributed by atoms with Crippen LogP contribution in [0.4, 0.5) is 10.1 Å². The Morgan fingerprint density at radius 2 is 2.00 bits per heavy atom. The van der Waals surface area contributed by atoms with Crippen LogP contribution in [0.2, 0.25) is 5.02 Å². The van der Waals surface area contributed by atoms with Gasteiger partial charge in [-0.3, -0.25) is 4.79 Å². The Hall–Kier alpha value is -4.77. The molecule has 10 nitrogen and oxygen atoms in total. The van der Waals surface area contributed by atoms with Crippen LogP contribution in [-0.4, -0.2) is 42.9 Å². The van der Waals surface area contributed by atoms with Crippen LogP contribution < -0.4 is 10.1 Å². The number of anilines is 1. The predicted molar refractivity (Wildman–Crippen MR) is 137 cm³/mol. The van der Waals surface area contributed by atoms with E-state index in [9.17, 15) is 14.0 Å². The molecule has 0 aliphatic rings. The summed E-state index contributed by atoms with van der Waals surface area (Å²) < 4.78 is 26.9. The van der Waals surface area contributed by atoms with Gasteiger partial charge >= 0.3 is 5.97 Å². The summed E-state index contributed by atoms with van der Waals surface area (Å²) >= 11 is 5.77. The van der Waals surface area contributed by atoms with E-state index >= 15 is 0 Å². The molecule has 1 N–H and O–H groups in total. The SMILES string of the molecule is CCOC(=O)c1cnn2c(-c3cccc(NC(=O)c4ccn(COc5ccc(F)c(Cl)c5)n4)c3)ccnc12. The molecule has 38 heavy (non-hydrogen) atoms. The van der Waals surface area contributed by atoms with Gasteiger partial charge in [0, 0.05) is 29.7 Å². The zero-order valence-electron chi connectivity index (χ0n) is 20.0. The van der Waals surface area contributed by atoms with Crippen LogP contribution in [0.5, 0.6) is 5.75 Å². The summed E-state index contributed by atoms with van der Waals surface area (Å²) in [5, 5.41) is 11.3. The number of benzene rings is 2. The third kappa shape index (κ3) is 5.18. The number of carbonyl (C=O) groups is 2. The van der Waals surface area contributed by atoms with Gasteiger partial charge in [0.25, 0.3) is 5.91 Å². The summed E-state index contributed by atoms with van der Waals surface area (Å²) in [7, 11) is 0. The Kier molecular flexibility index (Phi) is 7.00. The van der Waals surface area contributed by atoms with Gasteiger partial charge < -0.3 is 14.8 Å². The summed E-state index contributed by atoms with van der Waals surface area (Å²) in [4.78, 5) is 29.3. The Morgan fingerprint density at radius 1 is 1.13 bits per heavy atom. The van der Waals surface area contributed by atoms with E-state index < -0.39 is 17.7 Å². The molecular weight excluding hydrogens is 515 g/mol. The van der Waals surface area contributed by atoms with Gasteiger partial charge in [0.15, 0.2) is 18.1 Å². The number of halogens is 2. The molecule has 2 aromatic carbocycles. The van der Waals surface area contributed by atoms with Crippen molar-refractivity contribution in [2.75, 3.05) is 11.9 Å². The number of esters is 1. The Morgan fingerprint density at radius 3 is 2.82 bits per heavy atom. The van der Waals surface area contributed by atoms with E-state index in [1.807, 2.05) is 6.07 Å². The molecule has 0 atom stereocenters. The molecular formula is C26H20ClFN6O4. The number of aromatic nitrogens is 5. The molecule has 0 bridgehead atoms. The fourth-order valence-corrected chi connectivity index (χ4v) is 3.85. The Labute approximate surface area is 220 Å². The van der Waals surface area contributed by atoms with Gasteiger partial charge in [0.05, 0.1) is 23.5 Å². The number of nitrogens with one attached hydrogen (secondary N) is 1.